The Morgan fingerprint density at radius 2 is 2.00 bits per heavy atom. The number of hydrogen-bond donors (Lipinski definition) is 0. The zero-order valence-electron chi connectivity index (χ0n) is 18.5. The summed E-state index contributed by atoms with van der Waals surface area (Å²) in [6, 6.07) is 12.6. The SMILES string of the molecule is CCCN1CCN(CC2=CCCOC2)C[C@@H](Cc2ccc(-c3cccnc3)cc2)C1=O. The van der Waals surface area contributed by atoms with E-state index in [-0.39, 0.29) is 5.92 Å². The monoisotopic (exact) mass is 419 g/mol. The van der Waals surface area contributed by atoms with Gasteiger partial charge >= 0.3 is 0 Å². The fourth-order valence-electron chi connectivity index (χ4n) is 4.56. The minimum absolute atomic E-state index is 0.0107. The topological polar surface area (TPSA) is 45.7 Å². The number of aromatic nitrogens is 1. The molecular weight excluding hydrogens is 386 g/mol. The van der Waals surface area contributed by atoms with Gasteiger partial charge in [-0.2, -0.15) is 0 Å². The Balaban J connectivity index is 1.47. The number of nitrogens with zero attached hydrogens (tertiary/aromatic N) is 3. The second-order valence-corrected chi connectivity index (χ2v) is 8.60. The summed E-state index contributed by atoms with van der Waals surface area (Å²) in [4.78, 5) is 22.0. The van der Waals surface area contributed by atoms with Crippen molar-refractivity contribution in [2.45, 2.75) is 26.2 Å². The van der Waals surface area contributed by atoms with Crippen molar-refractivity contribution in [3.8, 4) is 11.1 Å². The first kappa shape index (κ1) is 21.7. The van der Waals surface area contributed by atoms with E-state index in [4.69, 9.17) is 4.74 Å². The van der Waals surface area contributed by atoms with Gasteiger partial charge in [0.15, 0.2) is 0 Å². The molecule has 0 N–H and O–H groups in total. The minimum atomic E-state index is -0.0107. The van der Waals surface area contributed by atoms with Crippen molar-refractivity contribution >= 4 is 5.91 Å². The van der Waals surface area contributed by atoms with Crippen molar-refractivity contribution in [2.75, 3.05) is 45.9 Å². The molecule has 1 fully saturated rings. The lowest BCUT2D eigenvalue weighted by molar-refractivity contribution is -0.134. The van der Waals surface area contributed by atoms with Crippen LogP contribution in [0.3, 0.4) is 0 Å². The van der Waals surface area contributed by atoms with E-state index in [0.717, 1.165) is 76.3 Å². The molecule has 0 radical (unpaired) electrons. The lowest BCUT2D eigenvalue weighted by atomic mass is 9.95. The highest BCUT2D eigenvalue weighted by Gasteiger charge is 2.30. The van der Waals surface area contributed by atoms with Gasteiger partial charge in [-0.05, 0) is 47.6 Å². The second kappa shape index (κ2) is 10.7. The number of rotatable bonds is 7. The number of hydrogen-bond acceptors (Lipinski definition) is 4. The molecule has 3 heterocycles. The van der Waals surface area contributed by atoms with Crippen LogP contribution in [0.5, 0.6) is 0 Å². The zero-order chi connectivity index (χ0) is 21.5. The predicted octanol–water partition coefficient (Wildman–Crippen LogP) is 3.81. The molecule has 1 atom stereocenters. The van der Waals surface area contributed by atoms with E-state index >= 15 is 0 Å². The third-order valence-electron chi connectivity index (χ3n) is 6.16. The first-order valence-corrected chi connectivity index (χ1v) is 11.5. The van der Waals surface area contributed by atoms with Crippen molar-refractivity contribution in [3.63, 3.8) is 0 Å². The maximum absolute atomic E-state index is 13.3. The summed E-state index contributed by atoms with van der Waals surface area (Å²) in [7, 11) is 0. The zero-order valence-corrected chi connectivity index (χ0v) is 18.5. The highest BCUT2D eigenvalue weighted by molar-refractivity contribution is 5.79. The standard InChI is InChI=1S/C26H33N3O2/c1-2-12-29-14-13-28(18-22-5-4-15-31-20-22)19-25(26(29)30)16-21-7-9-23(10-8-21)24-6-3-11-27-17-24/h3,5-11,17,25H,2,4,12-16,18-20H2,1H3/t25-/m1/s1. The first-order valence-electron chi connectivity index (χ1n) is 11.5. The summed E-state index contributed by atoms with van der Waals surface area (Å²) in [5.74, 6) is 0.290. The molecule has 1 aromatic heterocycles. The molecular formula is C26H33N3O2. The minimum Gasteiger partial charge on any atom is -0.377 e. The first-order chi connectivity index (χ1) is 15.2. The summed E-state index contributed by atoms with van der Waals surface area (Å²) in [6.45, 7) is 8.00. The molecule has 0 spiro atoms. The van der Waals surface area contributed by atoms with E-state index in [2.05, 4.69) is 58.1 Å². The van der Waals surface area contributed by atoms with Crippen LogP contribution in [0.2, 0.25) is 0 Å². The Bertz CT molecular complexity index is 879. The van der Waals surface area contributed by atoms with Crippen LogP contribution in [-0.2, 0) is 16.0 Å². The lowest BCUT2D eigenvalue weighted by Gasteiger charge is -2.25. The van der Waals surface area contributed by atoms with Gasteiger partial charge in [-0.25, -0.2) is 0 Å². The molecule has 164 valence electrons. The van der Waals surface area contributed by atoms with Crippen molar-refractivity contribution in [1.82, 2.24) is 14.8 Å². The summed E-state index contributed by atoms with van der Waals surface area (Å²) >= 11 is 0. The highest BCUT2D eigenvalue weighted by Crippen LogP contribution is 2.22. The Morgan fingerprint density at radius 3 is 2.71 bits per heavy atom. The van der Waals surface area contributed by atoms with Crippen LogP contribution >= 0.6 is 0 Å². The molecule has 2 aromatic rings. The number of amides is 1. The number of carbonyl (C=O) groups is 1. The molecule has 2 aliphatic rings. The van der Waals surface area contributed by atoms with Crippen LogP contribution in [0.1, 0.15) is 25.3 Å². The summed E-state index contributed by atoms with van der Waals surface area (Å²) in [5.41, 5.74) is 4.83. The number of carbonyl (C=O) groups excluding carboxylic acids is 1. The Labute approximate surface area is 185 Å². The molecule has 4 rings (SSSR count). The Morgan fingerprint density at radius 1 is 1.13 bits per heavy atom. The largest absolute Gasteiger partial charge is 0.377 e. The fourth-order valence-corrected chi connectivity index (χ4v) is 4.56. The number of pyridine rings is 1. The number of ether oxygens (including phenoxy) is 1. The molecule has 1 aromatic carbocycles. The van der Waals surface area contributed by atoms with Gasteiger partial charge < -0.3 is 9.64 Å². The number of benzene rings is 1. The average molecular weight is 420 g/mol. The third-order valence-corrected chi connectivity index (χ3v) is 6.16. The van der Waals surface area contributed by atoms with E-state index in [1.165, 1.54) is 11.1 Å². The van der Waals surface area contributed by atoms with Crippen LogP contribution in [0, 0.1) is 5.92 Å². The maximum atomic E-state index is 13.3. The van der Waals surface area contributed by atoms with Crippen molar-refractivity contribution in [2.24, 2.45) is 5.92 Å². The smallest absolute Gasteiger partial charge is 0.227 e. The normalized spacial score (nSPS) is 20.4. The van der Waals surface area contributed by atoms with Gasteiger partial charge in [-0.3, -0.25) is 14.7 Å². The van der Waals surface area contributed by atoms with Gasteiger partial charge in [-0.15, -0.1) is 0 Å². The lowest BCUT2D eigenvalue weighted by Crippen LogP contribution is -2.38. The van der Waals surface area contributed by atoms with Crippen LogP contribution in [0.15, 0.2) is 60.4 Å². The Kier molecular flexibility index (Phi) is 7.49. The Hall–Kier alpha value is -2.50. The summed E-state index contributed by atoms with van der Waals surface area (Å²) in [6.07, 6.45) is 8.76. The van der Waals surface area contributed by atoms with Crippen molar-refractivity contribution in [1.29, 1.82) is 0 Å². The predicted molar refractivity (Wildman–Crippen MR) is 124 cm³/mol. The summed E-state index contributed by atoms with van der Waals surface area (Å²) in [5, 5.41) is 0. The van der Waals surface area contributed by atoms with Crippen LogP contribution in [0.4, 0.5) is 0 Å². The molecule has 5 nitrogen and oxygen atoms in total. The highest BCUT2D eigenvalue weighted by atomic mass is 16.5. The fraction of sp³-hybridized carbons (Fsp3) is 0.462. The van der Waals surface area contributed by atoms with Crippen LogP contribution in [0.25, 0.3) is 11.1 Å². The van der Waals surface area contributed by atoms with Gasteiger partial charge in [0.1, 0.15) is 0 Å². The van der Waals surface area contributed by atoms with E-state index in [9.17, 15) is 4.79 Å². The van der Waals surface area contributed by atoms with Gasteiger partial charge in [0.25, 0.3) is 0 Å². The van der Waals surface area contributed by atoms with E-state index in [0.29, 0.717) is 5.91 Å². The van der Waals surface area contributed by atoms with Crippen LogP contribution in [-0.4, -0.2) is 66.6 Å². The van der Waals surface area contributed by atoms with Gasteiger partial charge in [0.05, 0.1) is 19.1 Å². The second-order valence-electron chi connectivity index (χ2n) is 8.60. The molecule has 1 saturated heterocycles. The van der Waals surface area contributed by atoms with Gasteiger partial charge in [-0.1, -0.05) is 43.3 Å². The molecule has 1 amide bonds. The third kappa shape index (κ3) is 5.81. The van der Waals surface area contributed by atoms with E-state index < -0.39 is 0 Å². The average Bonchev–Trinajstić information content (AvgIpc) is 2.95. The van der Waals surface area contributed by atoms with Gasteiger partial charge in [0.2, 0.25) is 5.91 Å². The molecule has 0 saturated carbocycles. The van der Waals surface area contributed by atoms with E-state index in [1.807, 2.05) is 12.3 Å². The van der Waals surface area contributed by atoms with Crippen LogP contribution < -0.4 is 0 Å². The molecule has 2 aliphatic heterocycles. The molecule has 31 heavy (non-hydrogen) atoms. The van der Waals surface area contributed by atoms with Crippen molar-refractivity contribution in [3.05, 3.63) is 66.0 Å². The molecule has 0 aliphatic carbocycles. The molecule has 0 bridgehead atoms. The molecule has 0 unspecified atom stereocenters. The molecule has 5 heteroatoms. The maximum Gasteiger partial charge on any atom is 0.227 e. The summed E-state index contributed by atoms with van der Waals surface area (Å²) < 4.78 is 5.63. The van der Waals surface area contributed by atoms with E-state index in [1.54, 1.807) is 6.20 Å². The van der Waals surface area contributed by atoms with Crippen molar-refractivity contribution < 1.29 is 9.53 Å². The van der Waals surface area contributed by atoms with Gasteiger partial charge in [0, 0.05) is 45.1 Å². The quantitative estimate of drug-likeness (QED) is 0.641.